The third-order valence-corrected chi connectivity index (χ3v) is 6.24. The van der Waals surface area contributed by atoms with Gasteiger partial charge in [-0.3, -0.25) is 9.69 Å². The van der Waals surface area contributed by atoms with Gasteiger partial charge in [0.15, 0.2) is 0 Å². The molecule has 1 fully saturated rings. The van der Waals surface area contributed by atoms with Crippen LogP contribution in [0.3, 0.4) is 0 Å². The van der Waals surface area contributed by atoms with Crippen molar-refractivity contribution in [1.82, 2.24) is 15.0 Å². The van der Waals surface area contributed by atoms with Gasteiger partial charge in [-0.1, -0.05) is 62.3 Å². The molecule has 1 saturated heterocycles. The first-order valence-corrected chi connectivity index (χ1v) is 12.0. The lowest BCUT2D eigenvalue weighted by Gasteiger charge is -2.30. The predicted octanol–water partition coefficient (Wildman–Crippen LogP) is 5.28. The number of hydrogen-bond donors (Lipinski definition) is 1. The Kier molecular flexibility index (Phi) is 7.32. The number of anilines is 1. The summed E-state index contributed by atoms with van der Waals surface area (Å²) in [5.74, 6) is 1.94. The Balaban J connectivity index is 1.29. The molecular weight excluding hydrogens is 428 g/mol. The van der Waals surface area contributed by atoms with Crippen LogP contribution in [0.15, 0.2) is 53.1 Å². The van der Waals surface area contributed by atoms with Crippen LogP contribution in [0.5, 0.6) is 5.75 Å². The molecule has 0 aliphatic carbocycles. The van der Waals surface area contributed by atoms with Crippen molar-refractivity contribution in [3.05, 3.63) is 60.0 Å². The number of carbonyl (C=O) groups is 1. The van der Waals surface area contributed by atoms with Crippen molar-refractivity contribution in [2.45, 2.75) is 52.5 Å². The second-order valence-electron chi connectivity index (χ2n) is 9.81. The molecule has 0 radical (unpaired) electrons. The number of likely N-dealkylation sites (tertiary alicyclic amines) is 1. The monoisotopic (exact) mass is 462 g/mol. The van der Waals surface area contributed by atoms with Crippen LogP contribution in [0.2, 0.25) is 0 Å². The van der Waals surface area contributed by atoms with Crippen LogP contribution in [0.4, 0.5) is 5.69 Å². The highest BCUT2D eigenvalue weighted by atomic mass is 16.5. The van der Waals surface area contributed by atoms with Crippen LogP contribution in [0, 0.1) is 5.92 Å². The van der Waals surface area contributed by atoms with Crippen molar-refractivity contribution < 1.29 is 14.1 Å². The van der Waals surface area contributed by atoms with Crippen LogP contribution in [0.25, 0.3) is 11.4 Å². The number of para-hydroxylation sites is 2. The molecule has 4 rings (SSSR count). The Morgan fingerprint density at radius 3 is 2.50 bits per heavy atom. The van der Waals surface area contributed by atoms with Gasteiger partial charge in [0, 0.05) is 11.5 Å². The van der Waals surface area contributed by atoms with Crippen LogP contribution >= 0.6 is 0 Å². The molecule has 1 N–H and O–H groups in total. The summed E-state index contributed by atoms with van der Waals surface area (Å²) in [4.78, 5) is 19.7. The Bertz CT molecular complexity index is 1090. The zero-order chi connectivity index (χ0) is 24.1. The number of hydrogen-bond acceptors (Lipinski definition) is 6. The summed E-state index contributed by atoms with van der Waals surface area (Å²) >= 11 is 0. The SMILES string of the molecule is CCOc1ccccc1NC(=O)C1CCN(Cc2nc(-c3ccc(C(C)(C)C)cc3)no2)CC1. The summed E-state index contributed by atoms with van der Waals surface area (Å²) < 4.78 is 11.1. The minimum absolute atomic E-state index is 0.0227. The summed E-state index contributed by atoms with van der Waals surface area (Å²) in [5, 5.41) is 7.21. The maximum atomic E-state index is 12.8. The second kappa shape index (κ2) is 10.4. The van der Waals surface area contributed by atoms with Crippen molar-refractivity contribution in [1.29, 1.82) is 0 Å². The van der Waals surface area contributed by atoms with E-state index in [-0.39, 0.29) is 17.2 Å². The molecule has 1 aliphatic heterocycles. The molecule has 7 heteroatoms. The van der Waals surface area contributed by atoms with Gasteiger partial charge in [-0.25, -0.2) is 0 Å². The van der Waals surface area contributed by atoms with Gasteiger partial charge in [-0.2, -0.15) is 4.98 Å². The topological polar surface area (TPSA) is 80.5 Å². The maximum absolute atomic E-state index is 12.8. The molecule has 7 nitrogen and oxygen atoms in total. The fourth-order valence-corrected chi connectivity index (χ4v) is 4.19. The summed E-state index contributed by atoms with van der Waals surface area (Å²) in [6.07, 6.45) is 1.58. The van der Waals surface area contributed by atoms with E-state index >= 15 is 0 Å². The summed E-state index contributed by atoms with van der Waals surface area (Å²) in [6, 6.07) is 15.9. The Labute approximate surface area is 201 Å². The lowest BCUT2D eigenvalue weighted by molar-refractivity contribution is -0.121. The molecule has 1 aromatic heterocycles. The smallest absolute Gasteiger partial charge is 0.241 e. The highest BCUT2D eigenvalue weighted by Crippen LogP contribution is 2.27. The second-order valence-corrected chi connectivity index (χ2v) is 9.81. The van der Waals surface area contributed by atoms with Crippen molar-refractivity contribution >= 4 is 11.6 Å². The summed E-state index contributed by atoms with van der Waals surface area (Å²) in [7, 11) is 0. The number of amides is 1. The summed E-state index contributed by atoms with van der Waals surface area (Å²) in [6.45, 7) is 11.3. The molecule has 0 unspecified atom stereocenters. The predicted molar refractivity (Wildman–Crippen MR) is 133 cm³/mol. The number of ether oxygens (including phenoxy) is 1. The van der Waals surface area contributed by atoms with Gasteiger partial charge < -0.3 is 14.6 Å². The van der Waals surface area contributed by atoms with Crippen LogP contribution in [-0.2, 0) is 16.8 Å². The van der Waals surface area contributed by atoms with Gasteiger partial charge in [0.05, 0.1) is 18.8 Å². The minimum atomic E-state index is -0.0227. The number of nitrogens with zero attached hydrogens (tertiary/aromatic N) is 3. The molecule has 0 spiro atoms. The molecular formula is C27H34N4O3. The first kappa shape index (κ1) is 24.0. The molecule has 1 aliphatic rings. The Hall–Kier alpha value is -3.19. The maximum Gasteiger partial charge on any atom is 0.241 e. The number of piperidine rings is 1. The van der Waals surface area contributed by atoms with Gasteiger partial charge >= 0.3 is 0 Å². The van der Waals surface area contributed by atoms with Crippen molar-refractivity contribution in [2.75, 3.05) is 25.0 Å². The van der Waals surface area contributed by atoms with E-state index in [2.05, 4.69) is 53.3 Å². The average Bonchev–Trinajstić information content (AvgIpc) is 3.29. The standard InChI is InChI=1S/C27H34N4O3/c1-5-33-23-9-7-6-8-22(23)28-26(32)20-14-16-31(17-15-20)18-24-29-25(30-34-24)19-10-12-21(13-11-19)27(2,3)4/h6-13,20H,5,14-18H2,1-4H3,(H,28,32). The highest BCUT2D eigenvalue weighted by molar-refractivity contribution is 5.94. The molecule has 2 heterocycles. The largest absolute Gasteiger partial charge is 0.492 e. The van der Waals surface area contributed by atoms with Crippen molar-refractivity contribution in [2.24, 2.45) is 5.92 Å². The van der Waals surface area contributed by atoms with E-state index in [1.807, 2.05) is 43.3 Å². The molecule has 1 amide bonds. The van der Waals surface area contributed by atoms with Gasteiger partial charge in [-0.05, 0) is 56.0 Å². The van der Waals surface area contributed by atoms with E-state index < -0.39 is 0 Å². The van der Waals surface area contributed by atoms with E-state index in [9.17, 15) is 4.79 Å². The number of rotatable bonds is 7. The number of carbonyl (C=O) groups excluding carboxylic acids is 1. The van der Waals surface area contributed by atoms with Crippen LogP contribution in [-0.4, -0.2) is 40.6 Å². The molecule has 0 saturated carbocycles. The van der Waals surface area contributed by atoms with Gasteiger partial charge in [-0.15, -0.1) is 0 Å². The van der Waals surface area contributed by atoms with Gasteiger partial charge in [0.25, 0.3) is 0 Å². The molecule has 2 aromatic carbocycles. The quantitative estimate of drug-likeness (QED) is 0.514. The zero-order valence-electron chi connectivity index (χ0n) is 20.5. The molecule has 180 valence electrons. The van der Waals surface area contributed by atoms with Gasteiger partial charge in [0.1, 0.15) is 5.75 Å². The first-order chi connectivity index (χ1) is 16.3. The zero-order valence-corrected chi connectivity index (χ0v) is 20.5. The normalized spacial score (nSPS) is 15.3. The first-order valence-electron chi connectivity index (χ1n) is 12.0. The van der Waals surface area contributed by atoms with Gasteiger partial charge in [0.2, 0.25) is 17.6 Å². The fraction of sp³-hybridized carbons (Fsp3) is 0.444. The van der Waals surface area contributed by atoms with Crippen LogP contribution in [0.1, 0.15) is 52.0 Å². The van der Waals surface area contributed by atoms with E-state index in [1.54, 1.807) is 0 Å². The number of aromatic nitrogens is 2. The molecule has 0 atom stereocenters. The minimum Gasteiger partial charge on any atom is -0.492 e. The number of benzene rings is 2. The highest BCUT2D eigenvalue weighted by Gasteiger charge is 2.26. The lowest BCUT2D eigenvalue weighted by atomic mass is 9.87. The third-order valence-electron chi connectivity index (χ3n) is 6.24. The summed E-state index contributed by atoms with van der Waals surface area (Å²) in [5.41, 5.74) is 3.06. The number of nitrogens with one attached hydrogen (secondary N) is 1. The van der Waals surface area contributed by atoms with Crippen molar-refractivity contribution in [3.63, 3.8) is 0 Å². The molecule has 3 aromatic rings. The van der Waals surface area contributed by atoms with Crippen LogP contribution < -0.4 is 10.1 Å². The average molecular weight is 463 g/mol. The molecule has 34 heavy (non-hydrogen) atoms. The molecule has 0 bridgehead atoms. The van der Waals surface area contributed by atoms with E-state index in [4.69, 9.17) is 9.26 Å². The Morgan fingerprint density at radius 1 is 1.12 bits per heavy atom. The Morgan fingerprint density at radius 2 is 1.82 bits per heavy atom. The third kappa shape index (κ3) is 5.83. The van der Waals surface area contributed by atoms with E-state index in [1.165, 1.54) is 5.56 Å². The lowest BCUT2D eigenvalue weighted by Crippen LogP contribution is -2.37. The van der Waals surface area contributed by atoms with E-state index in [0.29, 0.717) is 30.6 Å². The van der Waals surface area contributed by atoms with E-state index in [0.717, 1.165) is 37.2 Å². The van der Waals surface area contributed by atoms with Crippen molar-refractivity contribution in [3.8, 4) is 17.1 Å². The fourth-order valence-electron chi connectivity index (χ4n) is 4.19.